The first-order chi connectivity index (χ1) is 11.2. The van der Waals surface area contributed by atoms with E-state index in [1.54, 1.807) is 6.08 Å². The smallest absolute Gasteiger partial charge is 0.108 e. The van der Waals surface area contributed by atoms with Gasteiger partial charge in [-0.3, -0.25) is 0 Å². The van der Waals surface area contributed by atoms with Crippen LogP contribution in [0.1, 0.15) is 27.2 Å². The molecule has 0 aliphatic rings. The predicted molar refractivity (Wildman–Crippen MR) is 104 cm³/mol. The maximum atomic E-state index is 8.46. The van der Waals surface area contributed by atoms with Gasteiger partial charge in [0, 0.05) is 0 Å². The first-order valence-electron chi connectivity index (χ1n) is 7.93. The van der Waals surface area contributed by atoms with Crippen molar-refractivity contribution in [1.29, 1.82) is 0 Å². The second kappa shape index (κ2) is 14.4. The van der Waals surface area contributed by atoms with E-state index < -0.39 is 0 Å². The molecule has 0 amide bonds. The van der Waals surface area contributed by atoms with E-state index in [2.05, 4.69) is 69.0 Å². The fourth-order valence-electron chi connectivity index (χ4n) is 1.54. The largest absolute Gasteiger partial charge is 0.509 e. The van der Waals surface area contributed by atoms with Crippen LogP contribution >= 0.6 is 0 Å². The Morgan fingerprint density at radius 1 is 0.870 bits per heavy atom. The number of aliphatic hydroxyl groups excluding tert-OH is 1. The van der Waals surface area contributed by atoms with Crippen LogP contribution in [0.2, 0.25) is 0 Å². The average molecular weight is 308 g/mol. The summed E-state index contributed by atoms with van der Waals surface area (Å²) >= 11 is 0. The highest BCUT2D eigenvalue weighted by molar-refractivity contribution is 5.62. The minimum atomic E-state index is 0.0862. The van der Waals surface area contributed by atoms with Crippen LogP contribution in [-0.4, -0.2) is 5.11 Å². The molecule has 0 fully saturated rings. The monoisotopic (exact) mass is 308 g/mol. The molecular formula is C22H28O. The van der Waals surface area contributed by atoms with Gasteiger partial charge in [-0.25, -0.2) is 0 Å². The van der Waals surface area contributed by atoms with Crippen LogP contribution in [0.5, 0.6) is 0 Å². The molecule has 0 aliphatic carbocycles. The normalized spacial score (nSPS) is 9.70. The van der Waals surface area contributed by atoms with Crippen molar-refractivity contribution in [1.82, 2.24) is 0 Å². The molecule has 2 aromatic carbocycles. The second-order valence-electron chi connectivity index (χ2n) is 4.82. The topological polar surface area (TPSA) is 20.2 Å². The number of rotatable bonds is 3. The third-order valence-electron chi connectivity index (χ3n) is 2.47. The molecular weight excluding hydrogens is 280 g/mol. The van der Waals surface area contributed by atoms with Crippen molar-refractivity contribution < 1.29 is 5.11 Å². The molecule has 0 saturated heterocycles. The van der Waals surface area contributed by atoms with Crippen LogP contribution in [0.4, 0.5) is 0 Å². The number of allylic oxidation sites excluding steroid dienone is 4. The van der Waals surface area contributed by atoms with Gasteiger partial charge in [-0.2, -0.15) is 0 Å². The summed E-state index contributed by atoms with van der Waals surface area (Å²) in [6, 6.07) is 20.8. The number of benzene rings is 2. The van der Waals surface area contributed by atoms with Crippen LogP contribution in [0.15, 0.2) is 97.3 Å². The van der Waals surface area contributed by atoms with Crippen molar-refractivity contribution >= 4 is 0 Å². The lowest BCUT2D eigenvalue weighted by Crippen LogP contribution is -1.73. The molecule has 0 atom stereocenters. The van der Waals surface area contributed by atoms with E-state index in [1.165, 1.54) is 23.6 Å². The molecule has 0 radical (unpaired) electrons. The molecule has 0 aromatic heterocycles. The average Bonchev–Trinajstić information content (AvgIpc) is 2.58. The summed E-state index contributed by atoms with van der Waals surface area (Å²) in [6.07, 6.45) is 8.20. The van der Waals surface area contributed by atoms with Crippen LogP contribution in [-0.2, 0) is 0 Å². The molecule has 2 aromatic rings. The zero-order valence-electron chi connectivity index (χ0n) is 14.4. The van der Waals surface area contributed by atoms with Gasteiger partial charge in [0.25, 0.3) is 0 Å². The van der Waals surface area contributed by atoms with Gasteiger partial charge in [-0.1, -0.05) is 106 Å². The van der Waals surface area contributed by atoms with E-state index in [0.717, 1.165) is 0 Å². The van der Waals surface area contributed by atoms with Crippen LogP contribution in [0, 0.1) is 0 Å². The lowest BCUT2D eigenvalue weighted by Gasteiger charge is -1.98. The van der Waals surface area contributed by atoms with Crippen molar-refractivity contribution in [3.63, 3.8) is 0 Å². The van der Waals surface area contributed by atoms with Gasteiger partial charge in [0.2, 0.25) is 0 Å². The molecule has 1 N–H and O–H groups in total. The molecule has 122 valence electrons. The Hall–Kier alpha value is -2.54. The van der Waals surface area contributed by atoms with Crippen molar-refractivity contribution in [3.05, 3.63) is 97.3 Å². The second-order valence-corrected chi connectivity index (χ2v) is 4.82. The number of hydrogen-bond donors (Lipinski definition) is 1. The van der Waals surface area contributed by atoms with E-state index in [1.807, 2.05) is 31.2 Å². The van der Waals surface area contributed by atoms with Gasteiger partial charge >= 0.3 is 0 Å². The summed E-state index contributed by atoms with van der Waals surface area (Å²) in [4.78, 5) is 0. The van der Waals surface area contributed by atoms with Gasteiger partial charge in [0.05, 0.1) is 0 Å². The van der Waals surface area contributed by atoms with Gasteiger partial charge in [0.1, 0.15) is 5.76 Å². The van der Waals surface area contributed by atoms with Gasteiger partial charge < -0.3 is 5.11 Å². The minimum Gasteiger partial charge on any atom is -0.509 e. The van der Waals surface area contributed by atoms with Gasteiger partial charge in [-0.05, 0) is 24.1 Å². The van der Waals surface area contributed by atoms with Crippen molar-refractivity contribution in [2.24, 2.45) is 0 Å². The Morgan fingerprint density at radius 2 is 1.26 bits per heavy atom. The van der Waals surface area contributed by atoms with E-state index in [0.29, 0.717) is 0 Å². The third kappa shape index (κ3) is 11.8. The fraction of sp³-hybridized carbons (Fsp3) is 0.182. The molecule has 0 saturated carbocycles. The Labute approximate surface area is 141 Å². The summed E-state index contributed by atoms with van der Waals surface area (Å²) < 4.78 is 0. The number of aliphatic hydroxyl groups is 1. The van der Waals surface area contributed by atoms with E-state index in [9.17, 15) is 0 Å². The molecule has 1 nitrogen and oxygen atoms in total. The predicted octanol–water partition coefficient (Wildman–Crippen LogP) is 6.96. The summed E-state index contributed by atoms with van der Waals surface area (Å²) in [5, 5.41) is 8.46. The molecule has 0 aliphatic heterocycles. The van der Waals surface area contributed by atoms with Crippen LogP contribution < -0.4 is 0 Å². The highest BCUT2D eigenvalue weighted by atomic mass is 16.3. The summed E-state index contributed by atoms with van der Waals surface area (Å²) in [5.41, 5.74) is 2.55. The summed E-state index contributed by atoms with van der Waals surface area (Å²) in [5.74, 6) is 0.0862. The highest BCUT2D eigenvalue weighted by Gasteiger charge is 1.91. The van der Waals surface area contributed by atoms with E-state index in [4.69, 9.17) is 5.11 Å². The molecule has 0 unspecified atom stereocenters. The highest BCUT2D eigenvalue weighted by Crippen LogP contribution is 2.17. The molecule has 2 rings (SSSR count). The molecule has 0 heterocycles. The third-order valence-corrected chi connectivity index (χ3v) is 2.47. The first-order valence-corrected chi connectivity index (χ1v) is 7.93. The quantitative estimate of drug-likeness (QED) is 0.480. The fourth-order valence-corrected chi connectivity index (χ4v) is 1.54. The Kier molecular flexibility index (Phi) is 12.8. The lowest BCUT2D eigenvalue weighted by atomic mass is 10.1. The molecule has 0 spiro atoms. The Morgan fingerprint density at radius 3 is 1.57 bits per heavy atom. The first kappa shape index (κ1) is 20.5. The van der Waals surface area contributed by atoms with Crippen LogP contribution in [0.25, 0.3) is 11.1 Å². The lowest BCUT2D eigenvalue weighted by molar-refractivity contribution is 0.435. The zero-order valence-corrected chi connectivity index (χ0v) is 14.4. The molecule has 1 heteroatoms. The standard InChI is InChI=1S/C12H10.C7H10O.C3H8/c1-3-7-11(8-4-1)12-9-5-2-6-10-12;1-3-4-5-6-7(2)8;1-3-2/h1-10H;3-6,8H,2H2,1H3;3H2,1-2H3/b;4-3-,6-5-;. The van der Waals surface area contributed by atoms with Crippen molar-refractivity contribution in [2.75, 3.05) is 0 Å². The SMILES string of the molecule is C=C(O)/C=C\C=C/C.CCC.c1ccc(-c2ccccc2)cc1. The van der Waals surface area contributed by atoms with Gasteiger partial charge in [-0.15, -0.1) is 0 Å². The summed E-state index contributed by atoms with van der Waals surface area (Å²) in [6.45, 7) is 9.42. The van der Waals surface area contributed by atoms with Gasteiger partial charge in [0.15, 0.2) is 0 Å². The van der Waals surface area contributed by atoms with Crippen molar-refractivity contribution in [2.45, 2.75) is 27.2 Å². The van der Waals surface area contributed by atoms with Crippen LogP contribution in [0.3, 0.4) is 0 Å². The number of hydrogen-bond acceptors (Lipinski definition) is 1. The summed E-state index contributed by atoms with van der Waals surface area (Å²) in [7, 11) is 0. The molecule has 23 heavy (non-hydrogen) atoms. The Bertz CT molecular complexity index is 528. The van der Waals surface area contributed by atoms with E-state index >= 15 is 0 Å². The maximum absolute atomic E-state index is 8.46. The van der Waals surface area contributed by atoms with Crippen molar-refractivity contribution in [3.8, 4) is 11.1 Å². The zero-order chi connectivity index (χ0) is 17.3. The maximum Gasteiger partial charge on any atom is 0.108 e. The Balaban J connectivity index is 0.000000385. The van der Waals surface area contributed by atoms with E-state index in [-0.39, 0.29) is 5.76 Å². The molecule has 0 bridgehead atoms. The minimum absolute atomic E-state index is 0.0862.